The van der Waals surface area contributed by atoms with Gasteiger partial charge in [0.1, 0.15) is 6.10 Å². The summed E-state index contributed by atoms with van der Waals surface area (Å²) in [4.78, 5) is 0. The van der Waals surface area contributed by atoms with Gasteiger partial charge in [0, 0.05) is 6.07 Å². The van der Waals surface area contributed by atoms with E-state index in [1.165, 1.54) is 6.42 Å². The summed E-state index contributed by atoms with van der Waals surface area (Å²) in [5, 5.41) is 18.3. The van der Waals surface area contributed by atoms with Gasteiger partial charge in [0.05, 0.1) is 12.8 Å². The molecule has 0 radical (unpaired) electrons. The first-order valence-electron chi connectivity index (χ1n) is 6.67. The maximum absolute atomic E-state index is 10.4. The third-order valence-corrected chi connectivity index (χ3v) is 4.26. The maximum atomic E-state index is 10.4. The first kappa shape index (κ1) is 13.3. The molecule has 100 valence electrons. The molecule has 0 aromatic carbocycles. The molecule has 0 saturated heterocycles. The van der Waals surface area contributed by atoms with Gasteiger partial charge in [-0.2, -0.15) is 0 Å². The summed E-state index contributed by atoms with van der Waals surface area (Å²) in [5.41, 5.74) is 0.655. The third kappa shape index (κ3) is 2.80. The molecule has 4 heteroatoms. The van der Waals surface area contributed by atoms with Gasteiger partial charge >= 0.3 is 0 Å². The van der Waals surface area contributed by atoms with E-state index in [2.05, 4.69) is 24.0 Å². The minimum Gasteiger partial charge on any atom is -0.480 e. The highest BCUT2D eigenvalue weighted by Crippen LogP contribution is 2.39. The van der Waals surface area contributed by atoms with Crippen LogP contribution in [0.4, 0.5) is 0 Å². The minimum atomic E-state index is -0.502. The fourth-order valence-corrected chi connectivity index (χ4v) is 2.71. The average molecular weight is 250 g/mol. The third-order valence-electron chi connectivity index (χ3n) is 4.26. The molecule has 1 N–H and O–H groups in total. The Hall–Kier alpha value is -1.16. The molecule has 1 saturated carbocycles. The lowest BCUT2D eigenvalue weighted by Gasteiger charge is -2.34. The van der Waals surface area contributed by atoms with E-state index in [9.17, 15) is 5.11 Å². The smallest absolute Gasteiger partial charge is 0.233 e. The van der Waals surface area contributed by atoms with Crippen LogP contribution in [-0.4, -0.2) is 22.4 Å². The largest absolute Gasteiger partial charge is 0.480 e. The van der Waals surface area contributed by atoms with Crippen molar-refractivity contribution < 1.29 is 9.84 Å². The lowest BCUT2D eigenvalue weighted by Crippen LogP contribution is -2.25. The van der Waals surface area contributed by atoms with E-state index in [4.69, 9.17) is 4.74 Å². The van der Waals surface area contributed by atoms with E-state index in [1.807, 2.05) is 0 Å². The van der Waals surface area contributed by atoms with Crippen molar-refractivity contribution in [2.45, 2.75) is 39.2 Å². The zero-order valence-corrected chi connectivity index (χ0v) is 11.3. The highest BCUT2D eigenvalue weighted by molar-refractivity contribution is 5.13. The van der Waals surface area contributed by atoms with Crippen LogP contribution in [0.25, 0.3) is 0 Å². The molecule has 1 aromatic rings. The monoisotopic (exact) mass is 250 g/mol. The summed E-state index contributed by atoms with van der Waals surface area (Å²) in [7, 11) is 1.56. The van der Waals surface area contributed by atoms with Crippen LogP contribution in [0.2, 0.25) is 0 Å². The number of methoxy groups -OCH3 is 1. The summed E-state index contributed by atoms with van der Waals surface area (Å²) in [6.45, 7) is 4.56. The summed E-state index contributed by atoms with van der Waals surface area (Å²) in [5.74, 6) is 2.22. The Bertz CT molecular complexity index is 380. The van der Waals surface area contributed by atoms with Gasteiger partial charge in [-0.3, -0.25) is 0 Å². The summed E-state index contributed by atoms with van der Waals surface area (Å²) >= 11 is 0. The average Bonchev–Trinajstić information content (AvgIpc) is 2.41. The lowest BCUT2D eigenvalue weighted by atomic mass is 9.73. The molecule has 0 amide bonds. The molecular formula is C14H22N2O2. The van der Waals surface area contributed by atoms with Crippen molar-refractivity contribution >= 4 is 0 Å². The molecule has 4 nitrogen and oxygen atoms in total. The van der Waals surface area contributed by atoms with Crippen molar-refractivity contribution in [3.8, 4) is 5.88 Å². The van der Waals surface area contributed by atoms with Crippen molar-refractivity contribution in [3.05, 3.63) is 17.8 Å². The second-order valence-corrected chi connectivity index (χ2v) is 5.47. The van der Waals surface area contributed by atoms with Crippen LogP contribution in [0.5, 0.6) is 5.88 Å². The van der Waals surface area contributed by atoms with Gasteiger partial charge in [0.15, 0.2) is 0 Å². The van der Waals surface area contributed by atoms with Crippen LogP contribution in [-0.2, 0) is 0 Å². The van der Waals surface area contributed by atoms with E-state index in [0.717, 1.165) is 18.8 Å². The number of rotatable bonds is 3. The highest BCUT2D eigenvalue weighted by atomic mass is 16.5. The number of aromatic nitrogens is 2. The van der Waals surface area contributed by atoms with E-state index in [0.29, 0.717) is 23.4 Å². The molecular weight excluding hydrogens is 228 g/mol. The number of aliphatic hydroxyl groups excluding tert-OH is 1. The highest BCUT2D eigenvalue weighted by Gasteiger charge is 2.30. The van der Waals surface area contributed by atoms with Crippen LogP contribution in [0.3, 0.4) is 0 Å². The van der Waals surface area contributed by atoms with E-state index >= 15 is 0 Å². The van der Waals surface area contributed by atoms with Crippen LogP contribution >= 0.6 is 0 Å². The van der Waals surface area contributed by atoms with Gasteiger partial charge in [0.2, 0.25) is 5.88 Å². The SMILES string of the molecule is COc1ccc(C(O)C2CCC(C)C(C)C2)nn1. The van der Waals surface area contributed by atoms with Crippen molar-refractivity contribution in [3.63, 3.8) is 0 Å². The quantitative estimate of drug-likeness (QED) is 0.896. The second kappa shape index (κ2) is 5.65. The van der Waals surface area contributed by atoms with Gasteiger partial charge in [-0.15, -0.1) is 10.2 Å². The number of aliphatic hydroxyl groups is 1. The predicted octanol–water partition coefficient (Wildman–Crippen LogP) is 2.59. The zero-order chi connectivity index (χ0) is 13.1. The fraction of sp³-hybridized carbons (Fsp3) is 0.714. The standard InChI is InChI=1S/C14H22N2O2/c1-9-4-5-11(8-10(9)2)14(17)12-6-7-13(18-3)16-15-12/h6-7,9-11,14,17H,4-5,8H2,1-3H3. The van der Waals surface area contributed by atoms with E-state index in [1.54, 1.807) is 19.2 Å². The molecule has 4 atom stereocenters. The molecule has 1 fully saturated rings. The van der Waals surface area contributed by atoms with Gasteiger partial charge in [-0.05, 0) is 36.7 Å². The topological polar surface area (TPSA) is 55.2 Å². The Balaban J connectivity index is 2.03. The molecule has 1 aromatic heterocycles. The molecule has 1 aliphatic rings. The van der Waals surface area contributed by atoms with Gasteiger partial charge in [-0.1, -0.05) is 20.3 Å². The molecule has 4 unspecified atom stereocenters. The van der Waals surface area contributed by atoms with Crippen LogP contribution in [0.1, 0.15) is 44.9 Å². The Morgan fingerprint density at radius 1 is 1.22 bits per heavy atom. The predicted molar refractivity (Wildman–Crippen MR) is 69.2 cm³/mol. The van der Waals surface area contributed by atoms with Crippen molar-refractivity contribution in [1.82, 2.24) is 10.2 Å². The minimum absolute atomic E-state index is 0.305. The van der Waals surface area contributed by atoms with Gasteiger partial charge < -0.3 is 9.84 Å². The van der Waals surface area contributed by atoms with Crippen LogP contribution in [0.15, 0.2) is 12.1 Å². The van der Waals surface area contributed by atoms with Crippen molar-refractivity contribution in [2.75, 3.05) is 7.11 Å². The first-order chi connectivity index (χ1) is 8.61. The van der Waals surface area contributed by atoms with Crippen LogP contribution < -0.4 is 4.74 Å². The Kier molecular flexibility index (Phi) is 4.17. The molecule has 0 aliphatic heterocycles. The summed E-state index contributed by atoms with van der Waals surface area (Å²) in [6.07, 6.45) is 2.82. The fourth-order valence-electron chi connectivity index (χ4n) is 2.71. The summed E-state index contributed by atoms with van der Waals surface area (Å²) in [6, 6.07) is 3.56. The van der Waals surface area contributed by atoms with Crippen molar-refractivity contribution in [2.24, 2.45) is 17.8 Å². The Morgan fingerprint density at radius 3 is 2.56 bits per heavy atom. The number of hydrogen-bond donors (Lipinski definition) is 1. The van der Waals surface area contributed by atoms with Crippen molar-refractivity contribution in [1.29, 1.82) is 0 Å². The number of ether oxygens (including phenoxy) is 1. The molecule has 18 heavy (non-hydrogen) atoms. The van der Waals surface area contributed by atoms with Crippen LogP contribution in [0, 0.1) is 17.8 Å². The molecule has 0 spiro atoms. The second-order valence-electron chi connectivity index (χ2n) is 5.47. The normalized spacial score (nSPS) is 29.9. The Morgan fingerprint density at radius 2 is 2.00 bits per heavy atom. The Labute approximate surface area is 108 Å². The van der Waals surface area contributed by atoms with E-state index < -0.39 is 6.10 Å². The number of hydrogen-bond acceptors (Lipinski definition) is 4. The molecule has 0 bridgehead atoms. The van der Waals surface area contributed by atoms with Gasteiger partial charge in [-0.25, -0.2) is 0 Å². The summed E-state index contributed by atoms with van der Waals surface area (Å²) < 4.78 is 4.97. The molecule has 1 heterocycles. The maximum Gasteiger partial charge on any atom is 0.233 e. The van der Waals surface area contributed by atoms with E-state index in [-0.39, 0.29) is 0 Å². The molecule has 1 aliphatic carbocycles. The lowest BCUT2D eigenvalue weighted by molar-refractivity contribution is 0.0524. The zero-order valence-electron chi connectivity index (χ0n) is 11.3. The van der Waals surface area contributed by atoms with Gasteiger partial charge in [0.25, 0.3) is 0 Å². The number of nitrogens with zero attached hydrogens (tertiary/aromatic N) is 2. The first-order valence-corrected chi connectivity index (χ1v) is 6.67. The molecule has 2 rings (SSSR count).